The van der Waals surface area contributed by atoms with Crippen molar-refractivity contribution >= 4 is 33.6 Å². The van der Waals surface area contributed by atoms with E-state index in [4.69, 9.17) is 0 Å². The van der Waals surface area contributed by atoms with Crippen LogP contribution in [0.25, 0.3) is 0 Å². The van der Waals surface area contributed by atoms with Crippen molar-refractivity contribution in [2.24, 2.45) is 4.99 Å². The Morgan fingerprint density at radius 3 is 2.91 bits per heavy atom. The lowest BCUT2D eigenvalue weighted by Crippen LogP contribution is -1.96. The Labute approximate surface area is 73.5 Å². The van der Waals surface area contributed by atoms with Crippen molar-refractivity contribution in [3.63, 3.8) is 0 Å². The summed E-state index contributed by atoms with van der Waals surface area (Å²) < 4.78 is 1.15. The Kier molecular flexibility index (Phi) is 2.14. The summed E-state index contributed by atoms with van der Waals surface area (Å²) >= 11 is 3.57. The van der Waals surface area contributed by atoms with E-state index in [2.05, 4.69) is 9.98 Å². The van der Waals surface area contributed by atoms with E-state index >= 15 is 0 Å². The first-order valence-electron chi connectivity index (χ1n) is 3.19. The zero-order valence-electron chi connectivity index (χ0n) is 5.73. The summed E-state index contributed by atoms with van der Waals surface area (Å²) in [6.07, 6.45) is 3.52. The highest BCUT2D eigenvalue weighted by atomic mass is 32.3. The van der Waals surface area contributed by atoms with Crippen LogP contribution in [0, 0.1) is 0 Å². The molecule has 1 saturated heterocycles. The lowest BCUT2D eigenvalue weighted by Gasteiger charge is -2.11. The van der Waals surface area contributed by atoms with Gasteiger partial charge in [0.05, 0.1) is 17.0 Å². The molecule has 11 heavy (non-hydrogen) atoms. The van der Waals surface area contributed by atoms with Gasteiger partial charge in [0.2, 0.25) is 0 Å². The lowest BCUT2D eigenvalue weighted by molar-refractivity contribution is 1.31. The predicted octanol–water partition coefficient (Wildman–Crippen LogP) is 2.51. The number of hydrogen-bond donors (Lipinski definition) is 0. The Morgan fingerprint density at radius 1 is 1.45 bits per heavy atom. The number of thioether (sulfide) groups is 2. The van der Waals surface area contributed by atoms with Gasteiger partial charge in [-0.25, -0.2) is 4.99 Å². The molecule has 0 spiro atoms. The molecule has 1 aromatic rings. The quantitative estimate of drug-likeness (QED) is 0.667. The fourth-order valence-electron chi connectivity index (χ4n) is 0.701. The van der Waals surface area contributed by atoms with E-state index in [1.165, 1.54) is 0 Å². The zero-order chi connectivity index (χ0) is 7.52. The molecule has 0 saturated carbocycles. The van der Waals surface area contributed by atoms with Crippen LogP contribution in [-0.4, -0.2) is 14.4 Å². The van der Waals surface area contributed by atoms with E-state index in [9.17, 15) is 0 Å². The van der Waals surface area contributed by atoms with Gasteiger partial charge in [-0.3, -0.25) is 4.98 Å². The zero-order valence-corrected chi connectivity index (χ0v) is 7.36. The number of aliphatic imine (C=N–C) groups is 1. The van der Waals surface area contributed by atoms with Gasteiger partial charge in [-0.05, 0) is 12.1 Å². The highest BCUT2D eigenvalue weighted by Crippen LogP contribution is 2.34. The molecule has 1 fully saturated rings. The molecule has 2 nitrogen and oxygen atoms in total. The second kappa shape index (κ2) is 3.28. The monoisotopic (exact) mass is 182 g/mol. The average Bonchev–Trinajstić information content (AvgIpc) is 1.99. The summed E-state index contributed by atoms with van der Waals surface area (Å²) in [6.45, 7) is 0. The summed E-state index contributed by atoms with van der Waals surface area (Å²) in [6, 6.07) is 3.85. The van der Waals surface area contributed by atoms with Gasteiger partial charge < -0.3 is 0 Å². The van der Waals surface area contributed by atoms with Gasteiger partial charge in [0.25, 0.3) is 0 Å². The second-order valence-corrected chi connectivity index (χ2v) is 4.55. The summed E-state index contributed by atoms with van der Waals surface area (Å²) in [5.41, 5.74) is 0.946. The summed E-state index contributed by atoms with van der Waals surface area (Å²) in [4.78, 5) is 8.31. The van der Waals surface area contributed by atoms with Crippen LogP contribution in [0.1, 0.15) is 0 Å². The van der Waals surface area contributed by atoms with E-state index in [1.807, 2.05) is 12.1 Å². The number of pyridine rings is 1. The predicted molar refractivity (Wildman–Crippen MR) is 51.4 cm³/mol. The average molecular weight is 182 g/mol. The molecule has 0 bridgehead atoms. The van der Waals surface area contributed by atoms with Gasteiger partial charge in [-0.2, -0.15) is 0 Å². The highest BCUT2D eigenvalue weighted by molar-refractivity contribution is 8.52. The fraction of sp³-hybridized carbons (Fsp3) is 0.143. The van der Waals surface area contributed by atoms with Gasteiger partial charge in [-0.15, -0.1) is 0 Å². The topological polar surface area (TPSA) is 25.2 Å². The number of rotatable bonds is 1. The molecule has 2 heterocycles. The van der Waals surface area contributed by atoms with Crippen molar-refractivity contribution in [2.45, 2.75) is 0 Å². The summed E-state index contributed by atoms with van der Waals surface area (Å²) in [7, 11) is 0. The van der Waals surface area contributed by atoms with Crippen LogP contribution in [0.15, 0.2) is 29.5 Å². The third-order valence-electron chi connectivity index (χ3n) is 1.23. The van der Waals surface area contributed by atoms with Gasteiger partial charge in [0.15, 0.2) is 0 Å². The van der Waals surface area contributed by atoms with Crippen molar-refractivity contribution in [3.05, 3.63) is 24.5 Å². The maximum Gasteiger partial charge on any atom is 0.132 e. The third kappa shape index (κ3) is 1.75. The minimum Gasteiger partial charge on any atom is -0.262 e. The smallest absolute Gasteiger partial charge is 0.132 e. The Hall–Kier alpha value is -0.480. The van der Waals surface area contributed by atoms with E-state index < -0.39 is 0 Å². The first-order chi connectivity index (χ1) is 5.45. The molecule has 1 aliphatic heterocycles. The van der Waals surface area contributed by atoms with E-state index in [0.29, 0.717) is 0 Å². The Morgan fingerprint density at radius 2 is 2.36 bits per heavy atom. The lowest BCUT2D eigenvalue weighted by atomic mass is 10.4. The molecule has 0 aliphatic carbocycles. The number of aromatic nitrogens is 1. The molecule has 0 radical (unpaired) electrons. The van der Waals surface area contributed by atoms with Gasteiger partial charge in [0.1, 0.15) is 4.38 Å². The van der Waals surface area contributed by atoms with Crippen LogP contribution in [0.3, 0.4) is 0 Å². The van der Waals surface area contributed by atoms with Gasteiger partial charge >= 0.3 is 0 Å². The highest BCUT2D eigenvalue weighted by Gasteiger charge is 2.11. The molecule has 1 aliphatic rings. The molecular weight excluding hydrogens is 176 g/mol. The van der Waals surface area contributed by atoms with Crippen molar-refractivity contribution < 1.29 is 0 Å². The molecule has 1 aromatic heterocycles. The van der Waals surface area contributed by atoms with Crippen LogP contribution in [0.5, 0.6) is 0 Å². The maximum absolute atomic E-state index is 4.34. The standard InChI is InChI=1S/C7H6N2S2/c1-2-6(4-8-3-1)9-7-10-5-11-7/h1-4H,5H2. The molecule has 0 atom stereocenters. The fourth-order valence-corrected chi connectivity index (χ4v) is 1.93. The Bertz CT molecular complexity index is 265. The van der Waals surface area contributed by atoms with Crippen LogP contribution in [-0.2, 0) is 0 Å². The first-order valence-corrected chi connectivity index (χ1v) is 5.16. The number of hydrogen-bond acceptors (Lipinski definition) is 4. The van der Waals surface area contributed by atoms with Crippen molar-refractivity contribution in [1.82, 2.24) is 4.98 Å². The largest absolute Gasteiger partial charge is 0.262 e. The SMILES string of the molecule is c1cncc(N=C2SCS2)c1. The molecular formula is C7H6N2S2. The van der Waals surface area contributed by atoms with E-state index in [-0.39, 0.29) is 0 Å². The summed E-state index contributed by atoms with van der Waals surface area (Å²) in [5.74, 6) is 0. The minimum atomic E-state index is 0.946. The van der Waals surface area contributed by atoms with E-state index in [1.54, 1.807) is 35.9 Å². The Balaban J connectivity index is 2.17. The normalized spacial score (nSPS) is 15.8. The number of nitrogens with zero attached hydrogens (tertiary/aromatic N) is 2. The maximum atomic E-state index is 4.34. The minimum absolute atomic E-state index is 0.946. The molecule has 0 N–H and O–H groups in total. The van der Waals surface area contributed by atoms with Crippen LogP contribution >= 0.6 is 23.5 Å². The van der Waals surface area contributed by atoms with Crippen molar-refractivity contribution in [2.75, 3.05) is 5.08 Å². The summed E-state index contributed by atoms with van der Waals surface area (Å²) in [5, 5.41) is 1.14. The molecule has 0 amide bonds. The first kappa shape index (κ1) is 7.18. The second-order valence-electron chi connectivity index (χ2n) is 2.00. The van der Waals surface area contributed by atoms with Crippen LogP contribution in [0.4, 0.5) is 5.69 Å². The third-order valence-corrected chi connectivity index (χ3v) is 3.56. The molecule has 4 heteroatoms. The molecule has 0 unspecified atom stereocenters. The van der Waals surface area contributed by atoms with Gasteiger partial charge in [0, 0.05) is 6.20 Å². The van der Waals surface area contributed by atoms with E-state index in [0.717, 1.165) is 15.1 Å². The van der Waals surface area contributed by atoms with Gasteiger partial charge in [-0.1, -0.05) is 23.5 Å². The molecule has 2 rings (SSSR count). The van der Waals surface area contributed by atoms with Crippen LogP contribution in [0.2, 0.25) is 0 Å². The molecule has 0 aromatic carbocycles. The molecule has 56 valence electrons. The van der Waals surface area contributed by atoms with Crippen LogP contribution < -0.4 is 0 Å². The van der Waals surface area contributed by atoms with Crippen molar-refractivity contribution in [1.29, 1.82) is 0 Å². The van der Waals surface area contributed by atoms with Crippen molar-refractivity contribution in [3.8, 4) is 0 Å².